The number of hydrogen-bond acceptors (Lipinski definition) is 3. The lowest BCUT2D eigenvalue weighted by Crippen LogP contribution is -2.30. The van der Waals surface area contributed by atoms with Crippen LogP contribution in [0.3, 0.4) is 0 Å². The molecule has 1 N–H and O–H groups in total. The van der Waals surface area contributed by atoms with Gasteiger partial charge in [0.15, 0.2) is 0 Å². The maximum Gasteiger partial charge on any atom is 0.220 e. The van der Waals surface area contributed by atoms with Gasteiger partial charge in [0.25, 0.3) is 0 Å². The first kappa shape index (κ1) is 33.4. The zero-order chi connectivity index (χ0) is 32.9. The molecule has 0 unspecified atom stereocenters. The molecule has 0 aliphatic carbocycles. The van der Waals surface area contributed by atoms with Gasteiger partial charge in [-0.1, -0.05) is 182 Å². The lowest BCUT2D eigenvalue weighted by molar-refractivity contribution is -0.120. The number of hydrogen-bond donors (Lipinski definition) is 1. The van der Waals surface area contributed by atoms with Gasteiger partial charge in [-0.2, -0.15) is 0 Å². The predicted octanol–water partition coefficient (Wildman–Crippen LogP) is 10.3. The van der Waals surface area contributed by atoms with Gasteiger partial charge in [-0.15, -0.1) is 23.5 Å². The second-order valence-electron chi connectivity index (χ2n) is 11.7. The van der Waals surface area contributed by atoms with Crippen LogP contribution in [0.5, 0.6) is 0 Å². The number of benzene rings is 6. The number of carbonyl (C=O) groups excluding carboxylic acids is 1. The van der Waals surface area contributed by atoms with E-state index in [1.54, 1.807) is 0 Å². The quantitative estimate of drug-likeness (QED) is 0.0876. The van der Waals surface area contributed by atoms with Crippen molar-refractivity contribution in [3.05, 3.63) is 215 Å². The Hall–Kier alpha value is -4.51. The molecular weight excluding hydrogens is 623 g/mol. The van der Waals surface area contributed by atoms with Crippen LogP contribution in [0.15, 0.2) is 182 Å². The smallest absolute Gasteiger partial charge is 0.220 e. The molecule has 0 saturated heterocycles. The summed E-state index contributed by atoms with van der Waals surface area (Å²) >= 11 is 3.79. The summed E-state index contributed by atoms with van der Waals surface area (Å²) in [5, 5.41) is 3.23. The minimum Gasteiger partial charge on any atom is -0.355 e. The minimum absolute atomic E-state index is 0.102. The highest BCUT2D eigenvalue weighted by atomic mass is 32.2. The van der Waals surface area contributed by atoms with Crippen molar-refractivity contribution in [1.82, 2.24) is 5.32 Å². The Morgan fingerprint density at radius 3 is 0.979 bits per heavy atom. The molecular formula is C44H41NOS2. The second kappa shape index (κ2) is 16.5. The number of rotatable bonds is 15. The average molecular weight is 664 g/mol. The third-order valence-corrected chi connectivity index (χ3v) is 11.9. The van der Waals surface area contributed by atoms with Crippen LogP contribution in [0.4, 0.5) is 0 Å². The predicted molar refractivity (Wildman–Crippen MR) is 206 cm³/mol. The Bertz CT molecular complexity index is 1490. The van der Waals surface area contributed by atoms with Crippen molar-refractivity contribution >= 4 is 29.4 Å². The van der Waals surface area contributed by atoms with Gasteiger partial charge in [0.05, 0.1) is 9.49 Å². The SMILES string of the molecule is O=C(CCCSC(c1ccccc1)(c1ccccc1)c1ccccc1)NCCSC(c1ccccc1)(c1ccccc1)c1ccccc1. The molecule has 4 heteroatoms. The van der Waals surface area contributed by atoms with E-state index >= 15 is 0 Å². The second-order valence-corrected chi connectivity index (χ2v) is 14.3. The fourth-order valence-corrected chi connectivity index (χ4v) is 9.40. The topological polar surface area (TPSA) is 29.1 Å². The molecule has 0 atom stereocenters. The van der Waals surface area contributed by atoms with E-state index in [1.807, 2.05) is 23.5 Å². The zero-order valence-corrected chi connectivity index (χ0v) is 28.7. The molecule has 6 rings (SSSR count). The van der Waals surface area contributed by atoms with E-state index in [9.17, 15) is 4.79 Å². The van der Waals surface area contributed by atoms with Crippen LogP contribution in [0, 0.1) is 0 Å². The van der Waals surface area contributed by atoms with E-state index in [0.717, 1.165) is 17.9 Å². The van der Waals surface area contributed by atoms with Crippen LogP contribution in [-0.2, 0) is 14.3 Å². The van der Waals surface area contributed by atoms with Gasteiger partial charge in [0.1, 0.15) is 0 Å². The number of nitrogens with one attached hydrogen (secondary N) is 1. The summed E-state index contributed by atoms with van der Waals surface area (Å²) in [5.41, 5.74) is 7.42. The van der Waals surface area contributed by atoms with Crippen molar-refractivity contribution in [3.8, 4) is 0 Å². The van der Waals surface area contributed by atoms with Gasteiger partial charge in [-0.3, -0.25) is 4.79 Å². The third kappa shape index (κ3) is 7.46. The van der Waals surface area contributed by atoms with E-state index in [-0.39, 0.29) is 15.4 Å². The van der Waals surface area contributed by atoms with E-state index < -0.39 is 0 Å². The summed E-state index contributed by atoms with van der Waals surface area (Å²) in [5.74, 6) is 1.73. The summed E-state index contributed by atoms with van der Waals surface area (Å²) < 4.78 is -0.757. The highest BCUT2D eigenvalue weighted by Crippen LogP contribution is 2.49. The van der Waals surface area contributed by atoms with E-state index in [0.29, 0.717) is 13.0 Å². The number of amides is 1. The molecule has 0 aliphatic heterocycles. The van der Waals surface area contributed by atoms with E-state index in [1.165, 1.54) is 33.4 Å². The zero-order valence-electron chi connectivity index (χ0n) is 27.1. The number of carbonyl (C=O) groups is 1. The summed E-state index contributed by atoms with van der Waals surface area (Å²) in [6, 6.07) is 64.4. The summed E-state index contributed by atoms with van der Waals surface area (Å²) in [6.07, 6.45) is 1.28. The normalized spacial score (nSPS) is 11.6. The molecule has 6 aromatic carbocycles. The Morgan fingerprint density at radius 2 is 0.688 bits per heavy atom. The molecule has 0 aliphatic rings. The molecule has 240 valence electrons. The molecule has 0 fully saturated rings. The highest BCUT2D eigenvalue weighted by Gasteiger charge is 2.38. The summed E-state index contributed by atoms with van der Waals surface area (Å²) in [6.45, 7) is 0.604. The van der Waals surface area contributed by atoms with Crippen LogP contribution in [0.2, 0.25) is 0 Å². The lowest BCUT2D eigenvalue weighted by atomic mass is 9.84. The molecule has 0 bridgehead atoms. The van der Waals surface area contributed by atoms with Gasteiger partial charge in [-0.25, -0.2) is 0 Å². The lowest BCUT2D eigenvalue weighted by Gasteiger charge is -2.35. The Morgan fingerprint density at radius 1 is 0.417 bits per heavy atom. The molecule has 0 radical (unpaired) electrons. The van der Waals surface area contributed by atoms with Crippen molar-refractivity contribution in [1.29, 1.82) is 0 Å². The highest BCUT2D eigenvalue weighted by molar-refractivity contribution is 8.00. The molecule has 2 nitrogen and oxygen atoms in total. The van der Waals surface area contributed by atoms with Gasteiger partial charge in [0.2, 0.25) is 5.91 Å². The molecule has 48 heavy (non-hydrogen) atoms. The molecule has 0 heterocycles. The Kier molecular flexibility index (Phi) is 11.5. The van der Waals surface area contributed by atoms with Crippen molar-refractivity contribution in [2.75, 3.05) is 18.1 Å². The first-order valence-corrected chi connectivity index (χ1v) is 18.6. The molecule has 0 saturated carbocycles. The third-order valence-electron chi connectivity index (χ3n) is 8.69. The van der Waals surface area contributed by atoms with Gasteiger partial charge < -0.3 is 5.32 Å². The van der Waals surface area contributed by atoms with Gasteiger partial charge in [-0.05, 0) is 45.6 Å². The van der Waals surface area contributed by atoms with Crippen molar-refractivity contribution in [2.45, 2.75) is 22.3 Å². The van der Waals surface area contributed by atoms with Crippen molar-refractivity contribution in [2.24, 2.45) is 0 Å². The molecule has 0 spiro atoms. The monoisotopic (exact) mass is 663 g/mol. The fraction of sp³-hybridized carbons (Fsp3) is 0.159. The minimum atomic E-state index is -0.388. The number of thioether (sulfide) groups is 2. The van der Waals surface area contributed by atoms with Crippen molar-refractivity contribution < 1.29 is 4.79 Å². The first-order valence-electron chi connectivity index (χ1n) is 16.6. The van der Waals surface area contributed by atoms with E-state index in [4.69, 9.17) is 0 Å². The maximum absolute atomic E-state index is 13.2. The molecule has 0 aromatic heterocycles. The largest absolute Gasteiger partial charge is 0.355 e. The average Bonchev–Trinajstić information content (AvgIpc) is 3.17. The van der Waals surface area contributed by atoms with Crippen LogP contribution in [0.1, 0.15) is 46.2 Å². The fourth-order valence-electron chi connectivity index (χ4n) is 6.48. The molecule has 1 amide bonds. The Labute approximate surface area is 294 Å². The van der Waals surface area contributed by atoms with Crippen LogP contribution < -0.4 is 5.32 Å². The standard InChI is InChI=1S/C44H41NOS2/c46-42(32-19-34-47-43(36-20-7-1-8-21-36,37-22-9-2-10-23-37)38-24-11-3-12-25-38)45-33-35-48-44(39-26-13-4-14-27-39,40-28-15-5-16-29-40)41-30-17-6-18-31-41/h1-18,20-31H,19,32-35H2,(H,45,46). The van der Waals surface area contributed by atoms with E-state index in [2.05, 4.69) is 187 Å². The van der Waals surface area contributed by atoms with Gasteiger partial charge in [0, 0.05) is 18.7 Å². The van der Waals surface area contributed by atoms with Crippen LogP contribution in [0.25, 0.3) is 0 Å². The van der Waals surface area contributed by atoms with Crippen LogP contribution in [-0.4, -0.2) is 24.0 Å². The first-order chi connectivity index (χ1) is 23.7. The summed E-state index contributed by atoms with van der Waals surface area (Å²) in [7, 11) is 0. The summed E-state index contributed by atoms with van der Waals surface area (Å²) in [4.78, 5) is 13.2. The van der Waals surface area contributed by atoms with Gasteiger partial charge >= 0.3 is 0 Å². The van der Waals surface area contributed by atoms with Crippen LogP contribution >= 0.6 is 23.5 Å². The van der Waals surface area contributed by atoms with Crippen molar-refractivity contribution in [3.63, 3.8) is 0 Å². The maximum atomic E-state index is 13.2. The molecule has 6 aromatic rings. The Balaban J connectivity index is 1.12.